The number of carbonyl (C=O) groups excluding carboxylic acids is 1. The number of nitrogens with two attached hydrogens (primary N) is 1. The maximum atomic E-state index is 13.1. The van der Waals surface area contributed by atoms with Gasteiger partial charge in [0, 0.05) is 0 Å². The predicted octanol–water partition coefficient (Wildman–Crippen LogP) is 1.54. The predicted molar refractivity (Wildman–Crippen MR) is 44.4 cm³/mol. The Kier molecular flexibility index (Phi) is 2.13. The van der Waals surface area contributed by atoms with E-state index in [0.717, 1.165) is 5.56 Å². The van der Waals surface area contributed by atoms with E-state index >= 15 is 0 Å². The Bertz CT molecular complexity index is 310. The van der Waals surface area contributed by atoms with Gasteiger partial charge in [-0.05, 0) is 31.0 Å². The zero-order valence-electron chi connectivity index (χ0n) is 7.02. The van der Waals surface area contributed by atoms with Gasteiger partial charge >= 0.3 is 0 Å². The topological polar surface area (TPSA) is 43.1 Å². The molecule has 0 aliphatic rings. The molecular weight excluding hydrogens is 157 g/mol. The van der Waals surface area contributed by atoms with Crippen molar-refractivity contribution >= 4 is 5.91 Å². The van der Waals surface area contributed by atoms with Crippen molar-refractivity contribution in [3.05, 3.63) is 34.6 Å². The maximum absolute atomic E-state index is 13.1. The van der Waals surface area contributed by atoms with Gasteiger partial charge in [0.1, 0.15) is 5.82 Å². The van der Waals surface area contributed by atoms with Gasteiger partial charge in [0.2, 0.25) is 0 Å². The summed E-state index contributed by atoms with van der Waals surface area (Å²) >= 11 is 0. The third-order valence-electron chi connectivity index (χ3n) is 1.68. The molecule has 0 fully saturated rings. The van der Waals surface area contributed by atoms with E-state index in [1.807, 2.05) is 0 Å². The molecule has 3 heteroatoms. The van der Waals surface area contributed by atoms with Crippen molar-refractivity contribution in [2.45, 2.75) is 13.8 Å². The molecule has 12 heavy (non-hydrogen) atoms. The van der Waals surface area contributed by atoms with Gasteiger partial charge in [-0.2, -0.15) is 0 Å². The van der Waals surface area contributed by atoms with Crippen molar-refractivity contribution in [2.75, 3.05) is 0 Å². The smallest absolute Gasteiger partial charge is 0.251 e. The van der Waals surface area contributed by atoms with Crippen molar-refractivity contribution in [1.29, 1.82) is 0 Å². The summed E-state index contributed by atoms with van der Waals surface area (Å²) in [5, 5.41) is 0. The first kappa shape index (κ1) is 8.71. The SMILES string of the molecule is Cc1cc(C)c(C(N)=O)c(F)c1. The van der Waals surface area contributed by atoms with E-state index in [4.69, 9.17) is 5.73 Å². The van der Waals surface area contributed by atoms with Crippen LogP contribution >= 0.6 is 0 Å². The Hall–Kier alpha value is -1.38. The molecule has 2 nitrogen and oxygen atoms in total. The van der Waals surface area contributed by atoms with Crippen molar-refractivity contribution in [3.8, 4) is 0 Å². The molecule has 0 aromatic heterocycles. The van der Waals surface area contributed by atoms with Crippen LogP contribution in [0, 0.1) is 19.7 Å². The summed E-state index contributed by atoms with van der Waals surface area (Å²) in [7, 11) is 0. The molecule has 0 saturated carbocycles. The molecular formula is C9H10FNO. The summed E-state index contributed by atoms with van der Waals surface area (Å²) in [5.74, 6) is -1.26. The van der Waals surface area contributed by atoms with Gasteiger partial charge < -0.3 is 5.73 Å². The zero-order valence-corrected chi connectivity index (χ0v) is 7.02. The molecule has 1 aromatic rings. The Morgan fingerprint density at radius 2 is 2.00 bits per heavy atom. The minimum absolute atomic E-state index is 0.0133. The summed E-state index contributed by atoms with van der Waals surface area (Å²) in [4.78, 5) is 10.7. The molecule has 1 aromatic carbocycles. The van der Waals surface area contributed by atoms with Gasteiger partial charge in [-0.1, -0.05) is 6.07 Å². The van der Waals surface area contributed by atoms with Gasteiger partial charge in [-0.25, -0.2) is 4.39 Å². The first-order valence-corrected chi connectivity index (χ1v) is 3.59. The molecule has 0 saturated heterocycles. The molecule has 0 heterocycles. The van der Waals surface area contributed by atoms with Crippen LogP contribution in [0.4, 0.5) is 4.39 Å². The van der Waals surface area contributed by atoms with E-state index in [2.05, 4.69) is 0 Å². The van der Waals surface area contributed by atoms with Crippen molar-refractivity contribution in [2.24, 2.45) is 5.73 Å². The highest BCUT2D eigenvalue weighted by Crippen LogP contribution is 2.14. The average molecular weight is 167 g/mol. The fourth-order valence-corrected chi connectivity index (χ4v) is 1.23. The van der Waals surface area contributed by atoms with E-state index in [1.165, 1.54) is 6.07 Å². The Morgan fingerprint density at radius 3 is 2.42 bits per heavy atom. The van der Waals surface area contributed by atoms with Crippen molar-refractivity contribution < 1.29 is 9.18 Å². The van der Waals surface area contributed by atoms with E-state index in [9.17, 15) is 9.18 Å². The first-order valence-electron chi connectivity index (χ1n) is 3.59. The van der Waals surface area contributed by atoms with E-state index < -0.39 is 11.7 Å². The highest BCUT2D eigenvalue weighted by molar-refractivity contribution is 5.94. The lowest BCUT2D eigenvalue weighted by atomic mass is 10.0. The minimum Gasteiger partial charge on any atom is -0.365 e. The lowest BCUT2D eigenvalue weighted by Gasteiger charge is -2.03. The van der Waals surface area contributed by atoms with Gasteiger partial charge in [0.25, 0.3) is 5.91 Å². The third-order valence-corrected chi connectivity index (χ3v) is 1.68. The van der Waals surface area contributed by atoms with Crippen LogP contribution in [0.25, 0.3) is 0 Å². The number of rotatable bonds is 1. The van der Waals surface area contributed by atoms with Crippen LogP contribution in [0.15, 0.2) is 12.1 Å². The van der Waals surface area contributed by atoms with Crippen molar-refractivity contribution in [3.63, 3.8) is 0 Å². The first-order chi connectivity index (χ1) is 5.52. The molecule has 0 aliphatic carbocycles. The zero-order chi connectivity index (χ0) is 9.30. The second-order valence-electron chi connectivity index (χ2n) is 2.80. The molecule has 1 amide bonds. The van der Waals surface area contributed by atoms with Crippen LogP contribution < -0.4 is 5.73 Å². The lowest BCUT2D eigenvalue weighted by Crippen LogP contribution is -2.15. The lowest BCUT2D eigenvalue weighted by molar-refractivity contribution is 0.0996. The van der Waals surface area contributed by atoms with Crippen LogP contribution in [-0.4, -0.2) is 5.91 Å². The summed E-state index contributed by atoms with van der Waals surface area (Å²) in [6.45, 7) is 3.43. The molecule has 0 aliphatic heterocycles. The third kappa shape index (κ3) is 1.44. The summed E-state index contributed by atoms with van der Waals surface area (Å²) in [5.41, 5.74) is 6.34. The van der Waals surface area contributed by atoms with Crippen LogP contribution in [0.5, 0.6) is 0 Å². The number of benzene rings is 1. The van der Waals surface area contributed by atoms with Crippen LogP contribution in [0.1, 0.15) is 21.5 Å². The van der Waals surface area contributed by atoms with Crippen LogP contribution in [0.2, 0.25) is 0 Å². The monoisotopic (exact) mass is 167 g/mol. The second-order valence-corrected chi connectivity index (χ2v) is 2.80. The molecule has 0 unspecified atom stereocenters. The van der Waals surface area contributed by atoms with Crippen LogP contribution in [0.3, 0.4) is 0 Å². The summed E-state index contributed by atoms with van der Waals surface area (Å²) < 4.78 is 13.1. The number of primary amides is 1. The van der Waals surface area contributed by atoms with E-state index in [1.54, 1.807) is 19.9 Å². The number of hydrogen-bond acceptors (Lipinski definition) is 1. The standard InChI is InChI=1S/C9H10FNO/c1-5-3-6(2)8(9(11)12)7(10)4-5/h3-4H,1-2H3,(H2,11,12). The Morgan fingerprint density at radius 1 is 1.42 bits per heavy atom. The van der Waals surface area contributed by atoms with Gasteiger partial charge in [-0.3, -0.25) is 4.79 Å². The highest BCUT2D eigenvalue weighted by atomic mass is 19.1. The molecule has 64 valence electrons. The summed E-state index contributed by atoms with van der Waals surface area (Å²) in [6.07, 6.45) is 0. The Labute approximate surface area is 70.2 Å². The summed E-state index contributed by atoms with van der Waals surface area (Å²) in [6, 6.07) is 3.02. The Balaban J connectivity index is 3.38. The van der Waals surface area contributed by atoms with E-state index in [0.29, 0.717) is 5.56 Å². The molecule has 0 radical (unpaired) electrons. The fourth-order valence-electron chi connectivity index (χ4n) is 1.23. The number of carbonyl (C=O) groups is 1. The molecule has 1 rings (SSSR count). The highest BCUT2D eigenvalue weighted by Gasteiger charge is 2.11. The second kappa shape index (κ2) is 2.93. The molecule has 0 atom stereocenters. The van der Waals surface area contributed by atoms with Gasteiger partial charge in [-0.15, -0.1) is 0 Å². The average Bonchev–Trinajstić information content (AvgIpc) is 1.82. The van der Waals surface area contributed by atoms with Crippen molar-refractivity contribution in [1.82, 2.24) is 0 Å². The molecule has 2 N–H and O–H groups in total. The quantitative estimate of drug-likeness (QED) is 0.677. The maximum Gasteiger partial charge on any atom is 0.251 e. The molecule has 0 spiro atoms. The number of hydrogen-bond donors (Lipinski definition) is 1. The normalized spacial score (nSPS) is 9.92. The largest absolute Gasteiger partial charge is 0.365 e. The van der Waals surface area contributed by atoms with Gasteiger partial charge in [0.05, 0.1) is 5.56 Å². The number of aryl methyl sites for hydroxylation is 2. The van der Waals surface area contributed by atoms with E-state index in [-0.39, 0.29) is 5.56 Å². The number of amides is 1. The fraction of sp³-hybridized carbons (Fsp3) is 0.222. The van der Waals surface area contributed by atoms with Gasteiger partial charge in [0.15, 0.2) is 0 Å². The number of halogens is 1. The molecule has 0 bridgehead atoms. The minimum atomic E-state index is -0.718. The van der Waals surface area contributed by atoms with Crippen LogP contribution in [-0.2, 0) is 0 Å².